The lowest BCUT2D eigenvalue weighted by Gasteiger charge is -2.06. The fourth-order valence-electron chi connectivity index (χ4n) is 1.33. The molecule has 0 fully saturated rings. The fraction of sp³-hybridized carbons (Fsp3) is 0.333. The minimum absolute atomic E-state index is 0.201. The summed E-state index contributed by atoms with van der Waals surface area (Å²) in [6.07, 6.45) is -5.08. The zero-order chi connectivity index (χ0) is 16.2. The van der Waals surface area contributed by atoms with Crippen LogP contribution in [0.5, 0.6) is 5.75 Å². The van der Waals surface area contributed by atoms with E-state index >= 15 is 0 Å². The van der Waals surface area contributed by atoms with E-state index in [0.29, 0.717) is 11.4 Å². The second kappa shape index (κ2) is 6.44. The van der Waals surface area contributed by atoms with Crippen molar-refractivity contribution in [3.05, 3.63) is 23.8 Å². The van der Waals surface area contributed by atoms with E-state index in [-0.39, 0.29) is 12.5 Å². The first-order valence-corrected chi connectivity index (χ1v) is 5.71. The number of aryl methyl sites for hydroxylation is 1. The number of benzene rings is 1. The van der Waals surface area contributed by atoms with Gasteiger partial charge in [0, 0.05) is 0 Å². The van der Waals surface area contributed by atoms with Gasteiger partial charge in [-0.1, -0.05) is 6.07 Å². The minimum Gasteiger partial charge on any atom is -0.489 e. The zero-order valence-corrected chi connectivity index (χ0v) is 10.9. The van der Waals surface area contributed by atoms with Crippen LogP contribution in [0.1, 0.15) is 5.56 Å². The third-order valence-electron chi connectivity index (χ3n) is 2.39. The number of nitrogens with two attached hydrogens (primary N) is 1. The molecule has 6 nitrogen and oxygen atoms in total. The van der Waals surface area contributed by atoms with Gasteiger partial charge in [-0.25, -0.2) is 4.79 Å². The Morgan fingerprint density at radius 1 is 1.48 bits per heavy atom. The molecule has 21 heavy (non-hydrogen) atoms. The topological polar surface area (TPSA) is 102 Å². The van der Waals surface area contributed by atoms with Crippen LogP contribution in [0.15, 0.2) is 18.2 Å². The van der Waals surface area contributed by atoms with Crippen LogP contribution >= 0.6 is 0 Å². The highest BCUT2D eigenvalue weighted by Gasteiger charge is 2.38. The Kier molecular flexibility index (Phi) is 5.14. The number of halogens is 3. The molecular weight excluding hydrogens is 293 g/mol. The van der Waals surface area contributed by atoms with Crippen LogP contribution in [-0.2, 0) is 9.59 Å². The van der Waals surface area contributed by atoms with Crippen molar-refractivity contribution in [3.8, 4) is 5.75 Å². The number of fused-ring (bicyclic) bond motifs is 1. The number of rotatable bonds is 0. The van der Waals surface area contributed by atoms with E-state index in [9.17, 15) is 18.0 Å². The number of hydrogen-bond donors (Lipinski definition) is 3. The van der Waals surface area contributed by atoms with Crippen molar-refractivity contribution in [1.29, 1.82) is 0 Å². The quantitative estimate of drug-likeness (QED) is 0.670. The number of amides is 1. The van der Waals surface area contributed by atoms with Gasteiger partial charge < -0.3 is 20.9 Å². The van der Waals surface area contributed by atoms with Crippen LogP contribution < -0.4 is 15.8 Å². The number of carbonyl (C=O) groups is 2. The number of anilines is 1. The van der Waals surface area contributed by atoms with Crippen molar-refractivity contribution in [2.45, 2.75) is 19.1 Å². The highest BCUT2D eigenvalue weighted by molar-refractivity contribution is 5.96. The number of alkyl halides is 3. The highest BCUT2D eigenvalue weighted by atomic mass is 19.4. The average molecular weight is 306 g/mol. The van der Waals surface area contributed by atoms with Crippen LogP contribution in [0.3, 0.4) is 0 Å². The molecule has 1 aliphatic rings. The fourth-order valence-corrected chi connectivity index (χ4v) is 1.33. The molecular formula is C12H13F3N2O4. The molecule has 0 saturated carbocycles. The molecule has 116 valence electrons. The van der Waals surface area contributed by atoms with Crippen molar-refractivity contribution >= 4 is 17.6 Å². The first-order valence-electron chi connectivity index (χ1n) is 5.71. The Morgan fingerprint density at radius 3 is 2.57 bits per heavy atom. The molecule has 0 aromatic heterocycles. The van der Waals surface area contributed by atoms with E-state index in [1.54, 1.807) is 0 Å². The van der Waals surface area contributed by atoms with Crippen molar-refractivity contribution in [1.82, 2.24) is 0 Å². The minimum atomic E-state index is -5.08. The summed E-state index contributed by atoms with van der Waals surface area (Å²) in [5.74, 6) is -2.27. The highest BCUT2D eigenvalue weighted by Crippen LogP contribution is 2.27. The molecule has 0 unspecified atom stereocenters. The van der Waals surface area contributed by atoms with Gasteiger partial charge in [0.25, 0.3) is 0 Å². The Labute approximate surface area is 117 Å². The molecule has 1 aliphatic heterocycles. The number of aliphatic carboxylic acids is 1. The summed E-state index contributed by atoms with van der Waals surface area (Å²) in [5.41, 5.74) is 7.34. The Balaban J connectivity index is 0.000000270. The number of carbonyl (C=O) groups excluding carboxylic acids is 1. The normalized spacial score (nSPS) is 17.4. The van der Waals surface area contributed by atoms with Crippen LogP contribution in [0.25, 0.3) is 0 Å². The largest absolute Gasteiger partial charge is 0.490 e. The summed E-state index contributed by atoms with van der Waals surface area (Å²) in [7, 11) is 0. The number of carboxylic acid groups (broad SMARTS) is 1. The SMILES string of the molecule is Cc1ccc2c(c1)OC[C@H](N)C(=O)N2.O=C(O)C(F)(F)F. The molecule has 0 saturated heterocycles. The van der Waals surface area contributed by atoms with Gasteiger partial charge in [-0.15, -0.1) is 0 Å². The van der Waals surface area contributed by atoms with E-state index in [2.05, 4.69) is 5.32 Å². The van der Waals surface area contributed by atoms with E-state index in [4.69, 9.17) is 20.4 Å². The Morgan fingerprint density at radius 2 is 2.05 bits per heavy atom. The van der Waals surface area contributed by atoms with Crippen LogP contribution in [0, 0.1) is 6.92 Å². The van der Waals surface area contributed by atoms with Gasteiger partial charge in [0.1, 0.15) is 18.4 Å². The molecule has 1 heterocycles. The predicted molar refractivity (Wildman–Crippen MR) is 67.0 cm³/mol. The van der Waals surface area contributed by atoms with E-state index in [1.807, 2.05) is 25.1 Å². The first kappa shape index (κ1) is 16.8. The maximum atomic E-state index is 11.3. The van der Waals surface area contributed by atoms with Gasteiger partial charge in [-0.05, 0) is 24.6 Å². The predicted octanol–water partition coefficient (Wildman–Crippen LogP) is 1.29. The summed E-state index contributed by atoms with van der Waals surface area (Å²) in [4.78, 5) is 20.2. The van der Waals surface area contributed by atoms with Gasteiger partial charge in [0.15, 0.2) is 0 Å². The first-order chi connectivity index (χ1) is 9.61. The molecule has 0 spiro atoms. The van der Waals surface area contributed by atoms with Crippen LogP contribution in [0.2, 0.25) is 0 Å². The number of carboxylic acids is 1. The summed E-state index contributed by atoms with van der Waals surface area (Å²) in [6, 6.07) is 5.02. The third kappa shape index (κ3) is 4.95. The molecule has 0 radical (unpaired) electrons. The Bertz CT molecular complexity index is 546. The summed E-state index contributed by atoms with van der Waals surface area (Å²) < 4.78 is 37.1. The average Bonchev–Trinajstić information content (AvgIpc) is 2.50. The van der Waals surface area contributed by atoms with Gasteiger partial charge in [0.2, 0.25) is 5.91 Å². The van der Waals surface area contributed by atoms with Gasteiger partial charge >= 0.3 is 12.1 Å². The van der Waals surface area contributed by atoms with Crippen molar-refractivity contribution in [3.63, 3.8) is 0 Å². The number of ether oxygens (including phenoxy) is 1. The molecule has 4 N–H and O–H groups in total. The molecule has 1 aromatic carbocycles. The number of nitrogens with one attached hydrogen (secondary N) is 1. The lowest BCUT2D eigenvalue weighted by Crippen LogP contribution is -2.38. The molecule has 0 aliphatic carbocycles. The molecule has 2 rings (SSSR count). The zero-order valence-electron chi connectivity index (χ0n) is 10.9. The summed E-state index contributed by atoms with van der Waals surface area (Å²) in [5, 5.41) is 9.84. The molecule has 1 amide bonds. The molecule has 1 aromatic rings. The monoisotopic (exact) mass is 306 g/mol. The van der Waals surface area contributed by atoms with Crippen LogP contribution in [0.4, 0.5) is 18.9 Å². The molecule has 0 bridgehead atoms. The lowest BCUT2D eigenvalue weighted by atomic mass is 10.2. The standard InChI is InChI=1S/C10H12N2O2.C2HF3O2/c1-6-2-3-8-9(4-6)14-5-7(11)10(13)12-8;3-2(4,5)1(6)7/h2-4,7H,5,11H2,1H3,(H,12,13);(H,6,7)/t7-;/m0./s1. The van der Waals surface area contributed by atoms with Gasteiger partial charge in [0.05, 0.1) is 5.69 Å². The molecule has 9 heteroatoms. The second-order valence-electron chi connectivity index (χ2n) is 4.21. The van der Waals surface area contributed by atoms with Gasteiger partial charge in [-0.2, -0.15) is 13.2 Å². The Hall–Kier alpha value is -2.29. The van der Waals surface area contributed by atoms with Crippen molar-refractivity contribution in [2.24, 2.45) is 5.73 Å². The van der Waals surface area contributed by atoms with Gasteiger partial charge in [-0.3, -0.25) is 4.79 Å². The van der Waals surface area contributed by atoms with E-state index in [1.165, 1.54) is 0 Å². The van der Waals surface area contributed by atoms with Crippen molar-refractivity contribution < 1.29 is 32.6 Å². The van der Waals surface area contributed by atoms with E-state index < -0.39 is 18.2 Å². The van der Waals surface area contributed by atoms with Crippen LogP contribution in [-0.4, -0.2) is 35.8 Å². The summed E-state index contributed by atoms with van der Waals surface area (Å²) >= 11 is 0. The lowest BCUT2D eigenvalue weighted by molar-refractivity contribution is -0.192. The third-order valence-corrected chi connectivity index (χ3v) is 2.39. The van der Waals surface area contributed by atoms with Crippen molar-refractivity contribution in [2.75, 3.05) is 11.9 Å². The van der Waals surface area contributed by atoms with E-state index in [0.717, 1.165) is 5.56 Å². The maximum Gasteiger partial charge on any atom is 0.490 e. The smallest absolute Gasteiger partial charge is 0.489 e. The molecule has 1 atom stereocenters. The number of hydrogen-bond acceptors (Lipinski definition) is 4. The summed E-state index contributed by atoms with van der Waals surface area (Å²) in [6.45, 7) is 2.19. The second-order valence-corrected chi connectivity index (χ2v) is 4.21. The maximum absolute atomic E-state index is 11.3.